The molecule has 3 heterocycles. The van der Waals surface area contributed by atoms with Gasteiger partial charge in [-0.05, 0) is 12.5 Å². The number of benzene rings is 1. The lowest BCUT2D eigenvalue weighted by Crippen LogP contribution is -2.46. The van der Waals surface area contributed by atoms with Crippen LogP contribution in [0.25, 0.3) is 10.8 Å². The van der Waals surface area contributed by atoms with Crippen LogP contribution in [0.4, 0.5) is 0 Å². The van der Waals surface area contributed by atoms with Crippen molar-refractivity contribution < 1.29 is 13.2 Å². The van der Waals surface area contributed by atoms with Crippen molar-refractivity contribution >= 4 is 38.2 Å². The molecule has 2 aromatic heterocycles. The average Bonchev–Trinajstić information content (AvgIpc) is 3.31. The zero-order valence-corrected chi connectivity index (χ0v) is 16.2. The molecule has 4 rings (SSSR count). The van der Waals surface area contributed by atoms with Crippen molar-refractivity contribution in [3.8, 4) is 0 Å². The molecule has 2 N–H and O–H groups in total. The highest BCUT2D eigenvalue weighted by atomic mass is 35.5. The molecule has 0 radical (unpaired) electrons. The number of halogens is 1. The lowest BCUT2D eigenvalue weighted by atomic mass is 10.0. The van der Waals surface area contributed by atoms with E-state index in [4.69, 9.17) is 17.3 Å². The molecule has 146 valence electrons. The molecule has 0 amide bonds. The largest absolute Gasteiger partial charge is 0.314 e. The molecular weight excluding hydrogens is 404 g/mol. The molecule has 1 aromatic carbocycles. The third-order valence-corrected chi connectivity index (χ3v) is 7.11. The summed E-state index contributed by atoms with van der Waals surface area (Å²) >= 11 is 6.22. The SMILES string of the molecule is N[C@H]1C(C(=O)Cn2cncn2)CCN1S(=O)(=O)c1cccc2cncc(Cl)c12. The first kappa shape index (κ1) is 18.9. The van der Waals surface area contributed by atoms with Gasteiger partial charge in [0, 0.05) is 29.7 Å². The van der Waals surface area contributed by atoms with Gasteiger partial charge in [0.25, 0.3) is 0 Å². The Morgan fingerprint density at radius 3 is 2.86 bits per heavy atom. The van der Waals surface area contributed by atoms with Crippen LogP contribution in [0.3, 0.4) is 0 Å². The van der Waals surface area contributed by atoms with E-state index in [9.17, 15) is 13.2 Å². The van der Waals surface area contributed by atoms with Crippen molar-refractivity contribution in [2.24, 2.45) is 11.7 Å². The molecular formula is C17H17ClN6O3S. The van der Waals surface area contributed by atoms with E-state index in [0.717, 1.165) is 0 Å². The number of sulfonamides is 1. The van der Waals surface area contributed by atoms with Crippen LogP contribution in [-0.2, 0) is 21.4 Å². The first-order valence-electron chi connectivity index (χ1n) is 8.54. The summed E-state index contributed by atoms with van der Waals surface area (Å²) in [5, 5.41) is 5.15. The first-order chi connectivity index (χ1) is 13.4. The van der Waals surface area contributed by atoms with Crippen LogP contribution < -0.4 is 5.73 Å². The van der Waals surface area contributed by atoms with Gasteiger partial charge in [0.2, 0.25) is 10.0 Å². The van der Waals surface area contributed by atoms with Gasteiger partial charge in [0.1, 0.15) is 19.2 Å². The number of carbonyl (C=O) groups is 1. The monoisotopic (exact) mass is 420 g/mol. The number of ketones is 1. The number of nitrogens with zero attached hydrogens (tertiary/aromatic N) is 5. The maximum Gasteiger partial charge on any atom is 0.245 e. The fraction of sp³-hybridized carbons (Fsp3) is 0.294. The van der Waals surface area contributed by atoms with Crippen LogP contribution in [0.2, 0.25) is 5.02 Å². The molecule has 1 saturated heterocycles. The van der Waals surface area contributed by atoms with Gasteiger partial charge >= 0.3 is 0 Å². The summed E-state index contributed by atoms with van der Waals surface area (Å²) in [7, 11) is -3.96. The number of rotatable bonds is 5. The summed E-state index contributed by atoms with van der Waals surface area (Å²) in [4.78, 5) is 20.4. The fourth-order valence-corrected chi connectivity index (χ4v) is 5.64. The van der Waals surface area contributed by atoms with Crippen molar-refractivity contribution in [2.75, 3.05) is 6.54 Å². The number of nitrogens with two attached hydrogens (primary N) is 1. The zero-order valence-electron chi connectivity index (χ0n) is 14.6. The molecule has 1 fully saturated rings. The first-order valence-corrected chi connectivity index (χ1v) is 10.4. The minimum Gasteiger partial charge on any atom is -0.314 e. The molecule has 9 nitrogen and oxygen atoms in total. The van der Waals surface area contributed by atoms with Gasteiger partial charge in [-0.15, -0.1) is 0 Å². The Kier molecular flexibility index (Phi) is 4.88. The molecule has 0 saturated carbocycles. The third kappa shape index (κ3) is 3.18. The number of carbonyl (C=O) groups excluding carboxylic acids is 1. The van der Waals surface area contributed by atoms with E-state index < -0.39 is 22.1 Å². The van der Waals surface area contributed by atoms with Crippen LogP contribution in [0.5, 0.6) is 0 Å². The van der Waals surface area contributed by atoms with Crippen molar-refractivity contribution in [3.05, 3.63) is 48.3 Å². The molecule has 3 aromatic rings. The lowest BCUT2D eigenvalue weighted by Gasteiger charge is -2.24. The van der Waals surface area contributed by atoms with E-state index >= 15 is 0 Å². The number of hydrogen-bond donors (Lipinski definition) is 1. The van der Waals surface area contributed by atoms with Crippen LogP contribution in [0.15, 0.2) is 48.1 Å². The predicted octanol–water partition coefficient (Wildman–Crippen LogP) is 1.04. The highest BCUT2D eigenvalue weighted by Gasteiger charge is 2.43. The molecule has 1 aliphatic rings. The summed E-state index contributed by atoms with van der Waals surface area (Å²) in [5.41, 5.74) is 6.19. The second-order valence-electron chi connectivity index (χ2n) is 6.54. The third-order valence-electron chi connectivity index (χ3n) is 4.89. The summed E-state index contributed by atoms with van der Waals surface area (Å²) in [5.74, 6) is -0.804. The maximum atomic E-state index is 13.3. The Morgan fingerprint density at radius 1 is 1.29 bits per heavy atom. The van der Waals surface area contributed by atoms with Gasteiger partial charge < -0.3 is 5.73 Å². The minimum absolute atomic E-state index is 0.00196. The molecule has 0 aliphatic carbocycles. The molecule has 1 aliphatic heterocycles. The minimum atomic E-state index is -3.96. The molecule has 28 heavy (non-hydrogen) atoms. The van der Waals surface area contributed by atoms with Crippen LogP contribution in [0, 0.1) is 5.92 Å². The Bertz CT molecular complexity index is 1130. The van der Waals surface area contributed by atoms with Gasteiger partial charge in [-0.2, -0.15) is 9.40 Å². The normalized spacial score (nSPS) is 20.6. The second-order valence-corrected chi connectivity index (χ2v) is 8.80. The smallest absolute Gasteiger partial charge is 0.245 e. The van der Waals surface area contributed by atoms with Gasteiger partial charge in [0.15, 0.2) is 5.78 Å². The predicted molar refractivity (Wildman–Crippen MR) is 102 cm³/mol. The van der Waals surface area contributed by atoms with E-state index in [1.165, 1.54) is 33.9 Å². The quantitative estimate of drug-likeness (QED) is 0.653. The zero-order chi connectivity index (χ0) is 19.9. The molecule has 1 unspecified atom stereocenters. The van der Waals surface area contributed by atoms with Gasteiger partial charge in [-0.25, -0.2) is 18.1 Å². The van der Waals surface area contributed by atoms with E-state index in [1.54, 1.807) is 18.3 Å². The summed E-state index contributed by atoms with van der Waals surface area (Å²) in [6.07, 6.45) is 5.09. The lowest BCUT2D eigenvalue weighted by molar-refractivity contribution is -0.124. The Balaban J connectivity index is 1.65. The van der Waals surface area contributed by atoms with E-state index in [0.29, 0.717) is 17.2 Å². The molecule has 0 spiro atoms. The van der Waals surface area contributed by atoms with Crippen molar-refractivity contribution in [1.82, 2.24) is 24.1 Å². The van der Waals surface area contributed by atoms with Gasteiger partial charge in [-0.3, -0.25) is 9.78 Å². The van der Waals surface area contributed by atoms with Crippen molar-refractivity contribution in [1.29, 1.82) is 0 Å². The molecule has 0 bridgehead atoms. The summed E-state index contributed by atoms with van der Waals surface area (Å²) < 4.78 is 29.2. The highest BCUT2D eigenvalue weighted by molar-refractivity contribution is 7.89. The standard InChI is InChI=1S/C17H17ClN6O3S/c18-13-7-20-6-11-2-1-3-15(16(11)13)28(26,27)24-5-4-12(17(24)19)14(25)8-23-10-21-9-22-23/h1-3,6-7,9-10,12,17H,4-5,8,19H2/t12?,17-/m1/s1. The highest BCUT2D eigenvalue weighted by Crippen LogP contribution is 2.34. The molecule has 2 atom stereocenters. The van der Waals surface area contributed by atoms with Crippen molar-refractivity contribution in [2.45, 2.75) is 24.0 Å². The van der Waals surface area contributed by atoms with E-state index in [1.807, 2.05) is 0 Å². The number of fused-ring (bicyclic) bond motifs is 1. The Morgan fingerprint density at radius 2 is 2.11 bits per heavy atom. The number of hydrogen-bond acceptors (Lipinski definition) is 7. The fourth-order valence-electron chi connectivity index (χ4n) is 3.51. The van der Waals surface area contributed by atoms with E-state index in [2.05, 4.69) is 15.1 Å². The Hall–Kier alpha value is -2.40. The van der Waals surface area contributed by atoms with Gasteiger partial charge in [0.05, 0.1) is 22.0 Å². The summed E-state index contributed by atoms with van der Waals surface area (Å²) in [6, 6.07) is 4.85. The van der Waals surface area contributed by atoms with Crippen LogP contribution in [-0.4, -0.2) is 51.0 Å². The topological polar surface area (TPSA) is 124 Å². The number of aromatic nitrogens is 4. The average molecular weight is 421 g/mol. The van der Waals surface area contributed by atoms with Crippen molar-refractivity contribution in [3.63, 3.8) is 0 Å². The van der Waals surface area contributed by atoms with Crippen LogP contribution in [0.1, 0.15) is 6.42 Å². The Labute approximate surface area is 166 Å². The number of pyridine rings is 1. The molecule has 11 heteroatoms. The van der Waals surface area contributed by atoms with Gasteiger partial charge in [-0.1, -0.05) is 23.7 Å². The summed E-state index contributed by atoms with van der Waals surface area (Å²) in [6.45, 7) is 0.147. The van der Waals surface area contributed by atoms with E-state index in [-0.39, 0.29) is 28.8 Å². The second kappa shape index (κ2) is 7.21. The van der Waals surface area contributed by atoms with Crippen LogP contribution >= 0.6 is 11.6 Å². The maximum absolute atomic E-state index is 13.3. The number of Topliss-reactive ketones (excluding diaryl/α,β-unsaturated/α-hetero) is 1.